The highest BCUT2D eigenvalue weighted by Gasteiger charge is 2.33. The van der Waals surface area contributed by atoms with Crippen molar-refractivity contribution in [1.29, 1.82) is 0 Å². The number of quaternary nitrogens is 1. The van der Waals surface area contributed by atoms with E-state index in [-0.39, 0.29) is 30.6 Å². The third kappa shape index (κ3) is 17.2. The summed E-state index contributed by atoms with van der Waals surface area (Å²) in [5, 5.41) is 27.4. The smallest absolute Gasteiger partial charge is 0.251 e. The fourth-order valence-electron chi connectivity index (χ4n) is 5.25. The fourth-order valence-corrected chi connectivity index (χ4v) is 5.62. The summed E-state index contributed by atoms with van der Waals surface area (Å²) >= 11 is 0. The Balaban J connectivity index is 0.0000128. The van der Waals surface area contributed by atoms with Crippen molar-refractivity contribution < 1.29 is 38.8 Å². The Labute approximate surface area is 312 Å². The summed E-state index contributed by atoms with van der Waals surface area (Å²) in [6.45, 7) is 17.0. The molecule has 52 heavy (non-hydrogen) atoms. The van der Waals surface area contributed by atoms with Crippen LogP contribution in [0.1, 0.15) is 93.6 Å². The molecule has 1 rings (SSSR count). The first kappa shape index (κ1) is 48.3. The quantitative estimate of drug-likeness (QED) is 0.0572. The maximum Gasteiger partial charge on any atom is 0.251 e. The third-order valence-corrected chi connectivity index (χ3v) is 8.61. The van der Waals surface area contributed by atoms with Crippen molar-refractivity contribution in [2.24, 2.45) is 11.8 Å². The number of benzene rings is 1. The standard InChI is InChI=1S/C36H58FN6O6P.C2H6/c1-9-13-27(40-36(49)32(22(7)10-2)43-33(46)24(11-3)14-15-38-8)34(47)41-28(18-23-16-25(37)19-26(50)17-23)29(44)20-30(45)42-31(21(5)6)35(48)39-12-4;1-2/h11,14-17,19,21-22,27-29,31-32,38,44H,9-10,12-13,18,20,50H2,1-8H3,(H,39,48)(H,40,49)(H,41,47)(H,42,45)(H,43,46);1-2H3/p+1/b15-14-,24-11+;/t22-,27?,28-,29?,31?,32-;/m0./s1. The van der Waals surface area contributed by atoms with E-state index in [2.05, 4.69) is 35.8 Å². The molecule has 1 aromatic carbocycles. The molecular weight excluding hydrogens is 686 g/mol. The number of nitrogens with one attached hydrogen (secondary N) is 5. The monoisotopic (exact) mass is 751 g/mol. The molecule has 0 radical (unpaired) electrons. The normalized spacial score (nSPS) is 14.9. The molecule has 14 heteroatoms. The van der Waals surface area contributed by atoms with E-state index in [1.54, 1.807) is 57.4 Å². The fraction of sp³-hybridized carbons (Fsp3) is 0.605. The summed E-state index contributed by atoms with van der Waals surface area (Å²) < 4.78 is 14.3. The molecule has 294 valence electrons. The van der Waals surface area contributed by atoms with Crippen molar-refractivity contribution in [2.75, 3.05) is 13.6 Å². The molecule has 0 aliphatic carbocycles. The molecular formula is C38H65FN6O6P+. The van der Waals surface area contributed by atoms with Gasteiger partial charge in [-0.1, -0.05) is 73.5 Å². The Morgan fingerprint density at radius 1 is 0.923 bits per heavy atom. The van der Waals surface area contributed by atoms with E-state index >= 15 is 0 Å². The van der Waals surface area contributed by atoms with Crippen LogP contribution in [-0.2, 0) is 30.4 Å². The number of aliphatic hydroxyl groups is 1. The van der Waals surface area contributed by atoms with Crippen LogP contribution in [-0.4, -0.2) is 78.5 Å². The molecule has 0 heterocycles. The minimum atomic E-state index is -1.44. The van der Waals surface area contributed by atoms with Gasteiger partial charge in [0.05, 0.1) is 31.8 Å². The van der Waals surface area contributed by atoms with Crippen LogP contribution in [0.5, 0.6) is 0 Å². The van der Waals surface area contributed by atoms with E-state index < -0.39 is 66.1 Å². The molecule has 0 spiro atoms. The summed E-state index contributed by atoms with van der Waals surface area (Å²) in [7, 11) is 4.23. The van der Waals surface area contributed by atoms with Crippen molar-refractivity contribution >= 4 is 44.1 Å². The van der Waals surface area contributed by atoms with Crippen molar-refractivity contribution in [2.45, 2.75) is 125 Å². The molecule has 0 aliphatic heterocycles. The molecule has 0 saturated heterocycles. The maximum absolute atomic E-state index is 14.3. The number of allylic oxidation sites excluding steroid dienone is 1. The van der Waals surface area contributed by atoms with Crippen LogP contribution in [0.25, 0.3) is 0 Å². The van der Waals surface area contributed by atoms with E-state index in [9.17, 15) is 33.5 Å². The highest BCUT2D eigenvalue weighted by Crippen LogP contribution is 2.14. The SMILES string of the molecule is C/C=C(\C=C/[NH2+]C)C(=O)N[C@H](C(=O)NC(CCC)C(=O)N[C@@H](Cc1cc(F)cc(P)c1)C(O)CC(=O)NC(C(=O)NCC)C(C)C)[C@@H](C)CC.CC. The molecule has 5 amide bonds. The lowest BCUT2D eigenvalue weighted by Gasteiger charge is -2.29. The summed E-state index contributed by atoms with van der Waals surface area (Å²) in [6, 6.07) is 0.395. The van der Waals surface area contributed by atoms with Gasteiger partial charge in [0.2, 0.25) is 23.6 Å². The number of likely N-dealkylation sites (N-methyl/N-ethyl adjacent to an activating group) is 1. The Bertz CT molecular complexity index is 1340. The van der Waals surface area contributed by atoms with Gasteiger partial charge in [-0.05, 0) is 61.5 Å². The van der Waals surface area contributed by atoms with Gasteiger partial charge in [-0.2, -0.15) is 0 Å². The largest absolute Gasteiger partial charge is 0.390 e. The molecule has 12 nitrogen and oxygen atoms in total. The Kier molecular flexibility index (Phi) is 24.3. The summed E-state index contributed by atoms with van der Waals surface area (Å²) in [6.07, 6.45) is 4.42. The number of carbonyl (C=O) groups is 5. The zero-order valence-electron chi connectivity index (χ0n) is 32.8. The summed E-state index contributed by atoms with van der Waals surface area (Å²) in [4.78, 5) is 66.1. The minimum absolute atomic E-state index is 0.0313. The molecule has 0 bridgehead atoms. The Morgan fingerprint density at radius 3 is 2.10 bits per heavy atom. The second-order valence-electron chi connectivity index (χ2n) is 12.8. The van der Waals surface area contributed by atoms with E-state index in [0.29, 0.717) is 35.8 Å². The van der Waals surface area contributed by atoms with Gasteiger partial charge >= 0.3 is 0 Å². The molecule has 0 aromatic heterocycles. The molecule has 8 N–H and O–H groups in total. The van der Waals surface area contributed by atoms with Gasteiger partial charge in [-0.25, -0.2) is 4.39 Å². The second kappa shape index (κ2) is 26.1. The number of hydrogen-bond donors (Lipinski definition) is 7. The van der Waals surface area contributed by atoms with E-state index in [4.69, 9.17) is 0 Å². The highest BCUT2D eigenvalue weighted by molar-refractivity contribution is 7.27. The topological polar surface area (TPSA) is 182 Å². The number of nitrogens with two attached hydrogens (primary N) is 1. The second-order valence-corrected chi connectivity index (χ2v) is 13.5. The van der Waals surface area contributed by atoms with Crippen LogP contribution in [0.2, 0.25) is 0 Å². The van der Waals surface area contributed by atoms with Crippen molar-refractivity contribution in [1.82, 2.24) is 26.6 Å². The first-order valence-corrected chi connectivity index (χ1v) is 19.0. The average Bonchev–Trinajstić information content (AvgIpc) is 3.09. The zero-order valence-corrected chi connectivity index (χ0v) is 33.9. The van der Waals surface area contributed by atoms with Gasteiger partial charge in [-0.15, -0.1) is 9.24 Å². The van der Waals surface area contributed by atoms with Crippen LogP contribution in [0, 0.1) is 17.7 Å². The lowest BCUT2D eigenvalue weighted by atomic mass is 9.96. The number of carbonyl (C=O) groups excluding carboxylic acids is 5. The zero-order chi connectivity index (χ0) is 40.0. The van der Waals surface area contributed by atoms with Crippen molar-refractivity contribution in [3.05, 3.63) is 53.5 Å². The molecule has 0 saturated carbocycles. The lowest BCUT2D eigenvalue weighted by molar-refractivity contribution is -0.556. The maximum atomic E-state index is 14.3. The summed E-state index contributed by atoms with van der Waals surface area (Å²) in [5.41, 5.74) is 0.844. The van der Waals surface area contributed by atoms with Crippen LogP contribution >= 0.6 is 9.24 Å². The van der Waals surface area contributed by atoms with Crippen LogP contribution < -0.4 is 37.2 Å². The molecule has 7 atom stereocenters. The van der Waals surface area contributed by atoms with Gasteiger partial charge in [0.25, 0.3) is 5.91 Å². The number of rotatable bonds is 21. The van der Waals surface area contributed by atoms with Gasteiger partial charge in [-0.3, -0.25) is 24.0 Å². The molecule has 0 aliphatic rings. The number of halogens is 1. The van der Waals surface area contributed by atoms with Gasteiger partial charge < -0.3 is 37.0 Å². The average molecular weight is 752 g/mol. The van der Waals surface area contributed by atoms with Gasteiger partial charge in [0, 0.05) is 18.2 Å². The Hall–Kier alpha value is -3.67. The van der Waals surface area contributed by atoms with Gasteiger partial charge in [0.15, 0.2) is 0 Å². The predicted molar refractivity (Wildman–Crippen MR) is 208 cm³/mol. The number of aliphatic hydroxyl groups excluding tert-OH is 1. The first-order valence-electron chi connectivity index (χ1n) is 18.5. The predicted octanol–water partition coefficient (Wildman–Crippen LogP) is 1.88. The lowest BCUT2D eigenvalue weighted by Crippen LogP contribution is -2.72. The van der Waals surface area contributed by atoms with E-state index in [1.165, 1.54) is 12.1 Å². The van der Waals surface area contributed by atoms with Crippen LogP contribution in [0.4, 0.5) is 4.39 Å². The van der Waals surface area contributed by atoms with Gasteiger partial charge in [0.1, 0.15) is 23.9 Å². The molecule has 1 aromatic rings. The number of hydrogen-bond acceptors (Lipinski definition) is 6. The third-order valence-electron chi connectivity index (χ3n) is 8.27. The summed E-state index contributed by atoms with van der Waals surface area (Å²) in [5.74, 6) is -3.55. The van der Waals surface area contributed by atoms with Crippen LogP contribution in [0.3, 0.4) is 0 Å². The van der Waals surface area contributed by atoms with E-state index in [1.807, 2.05) is 41.7 Å². The Morgan fingerprint density at radius 2 is 1.58 bits per heavy atom. The van der Waals surface area contributed by atoms with Crippen LogP contribution in [0.15, 0.2) is 42.1 Å². The number of amides is 5. The van der Waals surface area contributed by atoms with Crippen molar-refractivity contribution in [3.63, 3.8) is 0 Å². The first-order chi connectivity index (χ1) is 24.6. The van der Waals surface area contributed by atoms with Crippen molar-refractivity contribution in [3.8, 4) is 0 Å². The van der Waals surface area contributed by atoms with E-state index in [0.717, 1.165) is 0 Å². The highest BCUT2D eigenvalue weighted by atomic mass is 31.0. The molecule has 0 fully saturated rings. The molecule has 4 unspecified atom stereocenters. The minimum Gasteiger partial charge on any atom is -0.390 e.